The summed E-state index contributed by atoms with van der Waals surface area (Å²) in [6.45, 7) is 2.55. The minimum Gasteiger partial charge on any atom is -0.494 e. The lowest BCUT2D eigenvalue weighted by atomic mass is 10.0. The number of nitrogens with one attached hydrogen (secondary N) is 2. The van der Waals surface area contributed by atoms with Gasteiger partial charge in [0.15, 0.2) is 0 Å². The third-order valence-electron chi connectivity index (χ3n) is 4.81. The van der Waals surface area contributed by atoms with Crippen molar-refractivity contribution in [3.8, 4) is 5.75 Å². The summed E-state index contributed by atoms with van der Waals surface area (Å²) in [5, 5.41) is 4.02. The van der Waals surface area contributed by atoms with E-state index in [1.807, 2.05) is 67.6 Å². The summed E-state index contributed by atoms with van der Waals surface area (Å²) >= 11 is 0. The molecule has 0 fully saturated rings. The van der Waals surface area contributed by atoms with E-state index in [0.717, 1.165) is 27.9 Å². The maximum Gasteiger partial charge on any atom is 0.271 e. The smallest absolute Gasteiger partial charge is 0.271 e. The van der Waals surface area contributed by atoms with Crippen molar-refractivity contribution in [3.63, 3.8) is 0 Å². The molecule has 0 spiro atoms. The molecule has 1 atom stereocenters. The highest BCUT2D eigenvalue weighted by Crippen LogP contribution is 2.20. The van der Waals surface area contributed by atoms with Crippen LogP contribution in [-0.2, 0) is 0 Å². The predicted octanol–water partition coefficient (Wildman–Crippen LogP) is 3.77. The van der Waals surface area contributed by atoms with Crippen molar-refractivity contribution in [2.45, 2.75) is 13.0 Å². The fourth-order valence-corrected chi connectivity index (χ4v) is 3.17. The van der Waals surface area contributed by atoms with E-state index in [2.05, 4.69) is 20.5 Å². The Hall–Kier alpha value is -3.97. The molecule has 1 aromatic heterocycles. The SMILES string of the molecule is CCOc1ccc(C=NNC(=O)c2ccc(C(N)c3nc4ccccc4[nH]3)cc2)cc1. The van der Waals surface area contributed by atoms with Gasteiger partial charge in [0.25, 0.3) is 5.91 Å². The van der Waals surface area contributed by atoms with Crippen molar-refractivity contribution in [2.75, 3.05) is 6.61 Å². The van der Waals surface area contributed by atoms with Crippen LogP contribution in [0, 0.1) is 0 Å². The van der Waals surface area contributed by atoms with Crippen molar-refractivity contribution < 1.29 is 9.53 Å². The first-order valence-electron chi connectivity index (χ1n) is 10.0. The van der Waals surface area contributed by atoms with Gasteiger partial charge in [-0.2, -0.15) is 5.10 Å². The van der Waals surface area contributed by atoms with Gasteiger partial charge < -0.3 is 15.5 Å². The Kier molecular flexibility index (Phi) is 6.05. The molecule has 3 aromatic carbocycles. The molecule has 31 heavy (non-hydrogen) atoms. The van der Waals surface area contributed by atoms with Crippen molar-refractivity contribution in [1.82, 2.24) is 15.4 Å². The highest BCUT2D eigenvalue weighted by Gasteiger charge is 2.14. The zero-order valence-corrected chi connectivity index (χ0v) is 17.1. The number of carbonyl (C=O) groups excluding carboxylic acids is 1. The molecule has 7 heteroatoms. The molecule has 4 aromatic rings. The van der Waals surface area contributed by atoms with E-state index in [0.29, 0.717) is 18.0 Å². The summed E-state index contributed by atoms with van der Waals surface area (Å²) in [6, 6.07) is 21.9. The summed E-state index contributed by atoms with van der Waals surface area (Å²) in [5.74, 6) is 1.18. The molecule has 0 saturated carbocycles. The van der Waals surface area contributed by atoms with Gasteiger partial charge in [0, 0.05) is 5.56 Å². The van der Waals surface area contributed by atoms with E-state index in [1.54, 1.807) is 18.3 Å². The van der Waals surface area contributed by atoms with Gasteiger partial charge in [-0.25, -0.2) is 10.4 Å². The highest BCUT2D eigenvalue weighted by molar-refractivity contribution is 5.94. The number of para-hydroxylation sites is 2. The Balaban J connectivity index is 1.38. The van der Waals surface area contributed by atoms with E-state index in [4.69, 9.17) is 10.5 Å². The molecule has 1 amide bonds. The average Bonchev–Trinajstić information content (AvgIpc) is 3.24. The van der Waals surface area contributed by atoms with Crippen LogP contribution in [0.4, 0.5) is 0 Å². The van der Waals surface area contributed by atoms with Crippen molar-refractivity contribution in [2.24, 2.45) is 10.8 Å². The summed E-state index contributed by atoms with van der Waals surface area (Å²) in [4.78, 5) is 20.1. The normalized spacial score (nSPS) is 12.2. The fraction of sp³-hybridized carbons (Fsp3) is 0.125. The average molecular weight is 413 g/mol. The van der Waals surface area contributed by atoms with Gasteiger partial charge in [-0.1, -0.05) is 24.3 Å². The molecule has 4 N–H and O–H groups in total. The fourth-order valence-electron chi connectivity index (χ4n) is 3.17. The second-order valence-corrected chi connectivity index (χ2v) is 6.94. The van der Waals surface area contributed by atoms with E-state index < -0.39 is 6.04 Å². The Bertz CT molecular complexity index is 1160. The Morgan fingerprint density at radius 3 is 2.58 bits per heavy atom. The van der Waals surface area contributed by atoms with E-state index in [1.165, 1.54) is 0 Å². The minimum atomic E-state index is -0.415. The number of nitrogens with zero attached hydrogens (tertiary/aromatic N) is 2. The number of fused-ring (bicyclic) bond motifs is 1. The molecule has 0 bridgehead atoms. The number of rotatable bonds is 7. The lowest BCUT2D eigenvalue weighted by molar-refractivity contribution is 0.0955. The predicted molar refractivity (Wildman–Crippen MR) is 121 cm³/mol. The molecule has 4 rings (SSSR count). The van der Waals surface area contributed by atoms with Crippen molar-refractivity contribution in [3.05, 3.63) is 95.3 Å². The zero-order valence-electron chi connectivity index (χ0n) is 17.1. The van der Waals surface area contributed by atoms with Gasteiger partial charge in [-0.15, -0.1) is 0 Å². The number of H-pyrrole nitrogens is 1. The molecule has 0 aliphatic carbocycles. The lowest BCUT2D eigenvalue weighted by Gasteiger charge is -2.09. The van der Waals surface area contributed by atoms with Gasteiger partial charge in [0.1, 0.15) is 11.6 Å². The van der Waals surface area contributed by atoms with Gasteiger partial charge >= 0.3 is 0 Å². The van der Waals surface area contributed by atoms with Crippen LogP contribution in [0.25, 0.3) is 11.0 Å². The Labute approximate surface area is 180 Å². The second-order valence-electron chi connectivity index (χ2n) is 6.94. The largest absolute Gasteiger partial charge is 0.494 e. The molecule has 0 aliphatic heterocycles. The summed E-state index contributed by atoms with van der Waals surface area (Å²) in [6.07, 6.45) is 1.58. The number of nitrogens with two attached hydrogens (primary N) is 1. The standard InChI is InChI=1S/C24H23N5O2/c1-2-31-19-13-7-16(8-14-19)15-26-29-24(30)18-11-9-17(10-12-18)22(25)23-27-20-5-3-4-6-21(20)28-23/h3-15,22H,2,25H2,1H3,(H,27,28)(H,29,30). The van der Waals surface area contributed by atoms with Crippen LogP contribution in [0.15, 0.2) is 77.9 Å². The number of benzene rings is 3. The van der Waals surface area contributed by atoms with Crippen LogP contribution in [0.2, 0.25) is 0 Å². The Morgan fingerprint density at radius 2 is 1.87 bits per heavy atom. The summed E-state index contributed by atoms with van der Waals surface area (Å²) in [5.41, 5.74) is 12.9. The maximum atomic E-state index is 12.3. The molecule has 7 nitrogen and oxygen atoms in total. The Morgan fingerprint density at radius 1 is 1.13 bits per heavy atom. The number of imidazole rings is 1. The molecule has 1 heterocycles. The number of aromatic nitrogens is 2. The molecule has 0 radical (unpaired) electrons. The van der Waals surface area contributed by atoms with Crippen LogP contribution in [0.1, 0.15) is 40.3 Å². The quantitative estimate of drug-likeness (QED) is 0.317. The van der Waals surface area contributed by atoms with E-state index in [-0.39, 0.29) is 5.91 Å². The first kappa shape index (κ1) is 20.3. The van der Waals surface area contributed by atoms with Crippen LogP contribution < -0.4 is 15.9 Å². The number of amides is 1. The molecule has 0 saturated heterocycles. The lowest BCUT2D eigenvalue weighted by Crippen LogP contribution is -2.18. The van der Waals surface area contributed by atoms with Crippen molar-refractivity contribution in [1.29, 1.82) is 0 Å². The topological polar surface area (TPSA) is 105 Å². The van der Waals surface area contributed by atoms with Gasteiger partial charge in [0.2, 0.25) is 0 Å². The van der Waals surface area contributed by atoms with Gasteiger partial charge in [0.05, 0.1) is 29.9 Å². The zero-order chi connectivity index (χ0) is 21.6. The first-order chi connectivity index (χ1) is 15.1. The third-order valence-corrected chi connectivity index (χ3v) is 4.81. The number of ether oxygens (including phenoxy) is 1. The number of carbonyl (C=O) groups is 1. The van der Waals surface area contributed by atoms with E-state index in [9.17, 15) is 4.79 Å². The second kappa shape index (κ2) is 9.23. The third kappa shape index (κ3) is 4.79. The minimum absolute atomic E-state index is 0.300. The number of aromatic amines is 1. The van der Waals surface area contributed by atoms with Gasteiger partial charge in [-0.05, 0) is 66.6 Å². The van der Waals surface area contributed by atoms with Crippen molar-refractivity contribution >= 4 is 23.2 Å². The number of hydrogen-bond acceptors (Lipinski definition) is 5. The summed E-state index contributed by atoms with van der Waals surface area (Å²) < 4.78 is 5.40. The highest BCUT2D eigenvalue weighted by atomic mass is 16.5. The van der Waals surface area contributed by atoms with Gasteiger partial charge in [-0.3, -0.25) is 4.79 Å². The number of hydrazone groups is 1. The molecular weight excluding hydrogens is 390 g/mol. The first-order valence-corrected chi connectivity index (χ1v) is 10.0. The van der Waals surface area contributed by atoms with Crippen LogP contribution >= 0.6 is 0 Å². The molecule has 1 unspecified atom stereocenters. The van der Waals surface area contributed by atoms with Crippen LogP contribution in [0.3, 0.4) is 0 Å². The number of hydrogen-bond donors (Lipinski definition) is 3. The van der Waals surface area contributed by atoms with Crippen LogP contribution in [0.5, 0.6) is 5.75 Å². The molecular formula is C24H23N5O2. The molecule has 0 aliphatic rings. The van der Waals surface area contributed by atoms with Crippen LogP contribution in [-0.4, -0.2) is 28.7 Å². The molecule has 156 valence electrons. The monoisotopic (exact) mass is 413 g/mol. The van der Waals surface area contributed by atoms with E-state index >= 15 is 0 Å². The maximum absolute atomic E-state index is 12.3. The summed E-state index contributed by atoms with van der Waals surface area (Å²) in [7, 11) is 0.